The van der Waals surface area contributed by atoms with Crippen molar-refractivity contribution in [1.29, 1.82) is 0 Å². The van der Waals surface area contributed by atoms with E-state index >= 15 is 0 Å². The Labute approximate surface area is 116 Å². The number of hydrogen-bond donors (Lipinski definition) is 1. The molecule has 5 heteroatoms. The number of esters is 1. The van der Waals surface area contributed by atoms with Gasteiger partial charge in [0.25, 0.3) is 0 Å². The maximum Gasteiger partial charge on any atom is 0.310 e. The van der Waals surface area contributed by atoms with Crippen molar-refractivity contribution in [2.45, 2.75) is 25.9 Å². The van der Waals surface area contributed by atoms with Gasteiger partial charge in [-0.25, -0.2) is 0 Å². The van der Waals surface area contributed by atoms with Crippen LogP contribution in [0, 0.1) is 0 Å². The van der Waals surface area contributed by atoms with Gasteiger partial charge in [0.1, 0.15) is 5.76 Å². The van der Waals surface area contributed by atoms with Crippen molar-refractivity contribution < 1.29 is 13.9 Å². The molecule has 0 aliphatic carbocycles. The molecule has 2 aromatic rings. The first-order chi connectivity index (χ1) is 9.19. The highest BCUT2D eigenvalue weighted by Gasteiger charge is 2.09. The van der Waals surface area contributed by atoms with Gasteiger partial charge in [0, 0.05) is 16.3 Å². The Morgan fingerprint density at radius 3 is 2.89 bits per heavy atom. The molecule has 0 aliphatic heterocycles. The molecule has 1 N–H and O–H groups in total. The molecule has 0 radical (unpaired) electrons. The molecule has 0 saturated heterocycles. The van der Waals surface area contributed by atoms with Crippen molar-refractivity contribution in [2.24, 2.45) is 0 Å². The number of furan rings is 1. The number of thiophene rings is 1. The molecule has 2 heterocycles. The number of methoxy groups -OCH3 is 1. The van der Waals surface area contributed by atoms with Crippen LogP contribution >= 0.6 is 11.3 Å². The van der Waals surface area contributed by atoms with E-state index in [4.69, 9.17) is 4.42 Å². The van der Waals surface area contributed by atoms with Gasteiger partial charge in [-0.3, -0.25) is 4.79 Å². The summed E-state index contributed by atoms with van der Waals surface area (Å²) in [5.41, 5.74) is 0. The third-order valence-corrected chi connectivity index (χ3v) is 3.90. The van der Waals surface area contributed by atoms with E-state index in [0.29, 0.717) is 6.42 Å². The van der Waals surface area contributed by atoms with Crippen molar-refractivity contribution in [2.75, 3.05) is 7.11 Å². The van der Waals surface area contributed by atoms with Gasteiger partial charge in [-0.1, -0.05) is 0 Å². The van der Waals surface area contributed by atoms with E-state index in [1.54, 1.807) is 17.6 Å². The number of rotatable bonds is 6. The standard InChI is InChI=1S/C14H17NO3S/c1-10(13-4-3-7-18-13)15-9-12-6-5-11(19-12)8-14(16)17-2/h3-7,10,15H,8-9H2,1-2H3. The molecule has 0 amide bonds. The van der Waals surface area contributed by atoms with Gasteiger partial charge in [0.05, 0.1) is 25.8 Å². The highest BCUT2D eigenvalue weighted by atomic mass is 32.1. The summed E-state index contributed by atoms with van der Waals surface area (Å²) in [4.78, 5) is 13.4. The maximum absolute atomic E-state index is 11.2. The lowest BCUT2D eigenvalue weighted by atomic mass is 10.2. The third-order valence-electron chi connectivity index (χ3n) is 2.82. The first kappa shape index (κ1) is 13.8. The molecule has 2 aromatic heterocycles. The van der Waals surface area contributed by atoms with Gasteiger partial charge in [0.15, 0.2) is 0 Å². The fraction of sp³-hybridized carbons (Fsp3) is 0.357. The summed E-state index contributed by atoms with van der Waals surface area (Å²) >= 11 is 1.62. The van der Waals surface area contributed by atoms with Crippen molar-refractivity contribution in [3.63, 3.8) is 0 Å². The summed E-state index contributed by atoms with van der Waals surface area (Å²) in [5.74, 6) is 0.719. The second-order valence-corrected chi connectivity index (χ2v) is 5.49. The van der Waals surface area contributed by atoms with Crippen molar-refractivity contribution >= 4 is 17.3 Å². The van der Waals surface area contributed by atoms with E-state index in [1.807, 2.05) is 24.3 Å². The van der Waals surface area contributed by atoms with Gasteiger partial charge in [-0.2, -0.15) is 0 Å². The van der Waals surface area contributed by atoms with Crippen LogP contribution in [0.4, 0.5) is 0 Å². The zero-order valence-electron chi connectivity index (χ0n) is 11.0. The molecule has 0 aromatic carbocycles. The van der Waals surface area contributed by atoms with Gasteiger partial charge in [-0.15, -0.1) is 11.3 Å². The molecule has 4 nitrogen and oxygen atoms in total. The predicted molar refractivity (Wildman–Crippen MR) is 74.0 cm³/mol. The molecule has 2 rings (SSSR count). The lowest BCUT2D eigenvalue weighted by Gasteiger charge is -2.09. The van der Waals surface area contributed by atoms with Gasteiger partial charge < -0.3 is 14.5 Å². The van der Waals surface area contributed by atoms with Crippen molar-refractivity contribution in [3.8, 4) is 0 Å². The number of carbonyl (C=O) groups excluding carboxylic acids is 1. The monoisotopic (exact) mass is 279 g/mol. The van der Waals surface area contributed by atoms with Crippen molar-refractivity contribution in [3.05, 3.63) is 46.0 Å². The highest BCUT2D eigenvalue weighted by molar-refractivity contribution is 7.12. The summed E-state index contributed by atoms with van der Waals surface area (Å²) in [6.45, 7) is 2.81. The fourth-order valence-corrected chi connectivity index (χ4v) is 2.67. The molecule has 19 heavy (non-hydrogen) atoms. The van der Waals surface area contributed by atoms with E-state index in [1.165, 1.54) is 12.0 Å². The molecular weight excluding hydrogens is 262 g/mol. The average molecular weight is 279 g/mol. The number of ether oxygens (including phenoxy) is 1. The Morgan fingerprint density at radius 1 is 1.42 bits per heavy atom. The second kappa shape index (κ2) is 6.54. The Morgan fingerprint density at radius 2 is 2.21 bits per heavy atom. The number of carbonyl (C=O) groups is 1. The Hall–Kier alpha value is -1.59. The van der Waals surface area contributed by atoms with Crippen LogP contribution in [0.5, 0.6) is 0 Å². The third kappa shape index (κ3) is 3.94. The van der Waals surface area contributed by atoms with Crippen LogP contribution in [0.25, 0.3) is 0 Å². The summed E-state index contributed by atoms with van der Waals surface area (Å²) in [6, 6.07) is 8.00. The normalized spacial score (nSPS) is 12.3. The van der Waals surface area contributed by atoms with Crippen LogP contribution in [0.15, 0.2) is 34.9 Å². The number of hydrogen-bond acceptors (Lipinski definition) is 5. The van der Waals surface area contributed by atoms with E-state index in [2.05, 4.69) is 17.0 Å². The predicted octanol–water partition coefficient (Wildman–Crippen LogP) is 2.91. The Balaban J connectivity index is 1.85. The van der Waals surface area contributed by atoms with Crippen LogP contribution in [0.2, 0.25) is 0 Å². The minimum atomic E-state index is -0.203. The van der Waals surface area contributed by atoms with Crippen LogP contribution in [0.3, 0.4) is 0 Å². The minimum absolute atomic E-state index is 0.168. The van der Waals surface area contributed by atoms with Gasteiger partial charge in [-0.05, 0) is 31.2 Å². The Kier molecular flexibility index (Phi) is 4.76. The largest absolute Gasteiger partial charge is 0.469 e. The minimum Gasteiger partial charge on any atom is -0.469 e. The van der Waals surface area contributed by atoms with Crippen LogP contribution in [0.1, 0.15) is 28.5 Å². The molecule has 0 bridgehead atoms. The molecule has 102 valence electrons. The second-order valence-electron chi connectivity index (χ2n) is 4.24. The van der Waals surface area contributed by atoms with E-state index < -0.39 is 0 Å². The molecular formula is C14H17NO3S. The van der Waals surface area contributed by atoms with E-state index in [-0.39, 0.29) is 12.0 Å². The molecule has 1 unspecified atom stereocenters. The quantitative estimate of drug-likeness (QED) is 0.826. The lowest BCUT2D eigenvalue weighted by molar-refractivity contribution is -0.139. The molecule has 1 atom stereocenters. The highest BCUT2D eigenvalue weighted by Crippen LogP contribution is 2.19. The van der Waals surface area contributed by atoms with Gasteiger partial charge in [0.2, 0.25) is 0 Å². The first-order valence-corrected chi connectivity index (χ1v) is 6.92. The van der Waals surface area contributed by atoms with Crippen LogP contribution in [-0.2, 0) is 22.5 Å². The molecule has 0 fully saturated rings. The zero-order chi connectivity index (χ0) is 13.7. The smallest absolute Gasteiger partial charge is 0.310 e. The number of nitrogens with one attached hydrogen (secondary N) is 1. The topological polar surface area (TPSA) is 51.5 Å². The van der Waals surface area contributed by atoms with Gasteiger partial charge >= 0.3 is 5.97 Å². The molecule has 0 spiro atoms. The summed E-state index contributed by atoms with van der Waals surface area (Å²) in [7, 11) is 1.41. The summed E-state index contributed by atoms with van der Waals surface area (Å²) in [5, 5.41) is 3.38. The Bertz CT molecular complexity index is 519. The maximum atomic E-state index is 11.2. The molecule has 0 saturated carbocycles. The zero-order valence-corrected chi connectivity index (χ0v) is 11.8. The fourth-order valence-electron chi connectivity index (χ4n) is 1.72. The SMILES string of the molecule is COC(=O)Cc1ccc(CNC(C)c2ccco2)s1. The van der Waals surface area contributed by atoms with Crippen LogP contribution in [-0.4, -0.2) is 13.1 Å². The lowest BCUT2D eigenvalue weighted by Crippen LogP contribution is -2.16. The summed E-state index contributed by atoms with van der Waals surface area (Å²) < 4.78 is 9.99. The van der Waals surface area contributed by atoms with Crippen LogP contribution < -0.4 is 5.32 Å². The van der Waals surface area contributed by atoms with E-state index in [9.17, 15) is 4.79 Å². The van der Waals surface area contributed by atoms with Crippen molar-refractivity contribution in [1.82, 2.24) is 5.32 Å². The summed E-state index contributed by atoms with van der Waals surface area (Å²) in [6.07, 6.45) is 2.02. The molecule has 0 aliphatic rings. The van der Waals surface area contributed by atoms with E-state index in [0.717, 1.165) is 17.2 Å². The average Bonchev–Trinajstić information content (AvgIpc) is 3.07. The first-order valence-electron chi connectivity index (χ1n) is 6.10.